The summed E-state index contributed by atoms with van der Waals surface area (Å²) in [5.74, 6) is 1.72. The highest BCUT2D eigenvalue weighted by atomic mass is 16.5. The predicted molar refractivity (Wildman–Crippen MR) is 98.7 cm³/mol. The Balaban J connectivity index is 1.98. The molecule has 3 aromatic rings. The summed E-state index contributed by atoms with van der Waals surface area (Å²) in [4.78, 5) is 16.5. The van der Waals surface area contributed by atoms with Gasteiger partial charge in [-0.25, -0.2) is 4.98 Å². The molecular weight excluding hydrogens is 314 g/mol. The monoisotopic (exact) mass is 337 g/mol. The van der Waals surface area contributed by atoms with Crippen molar-refractivity contribution in [2.45, 2.75) is 32.9 Å². The lowest BCUT2D eigenvalue weighted by Gasteiger charge is -2.16. The molecule has 1 unspecified atom stereocenters. The standard InChI is InChI=1S/C20H23N3O2/c1-4-19(24)21-14(2)20-22-17-7-5-6-8-18(17)23(20)13-15-9-11-16(25-3)12-10-15/h5-12,14H,4,13H2,1-3H3,(H,21,24). The van der Waals surface area contributed by atoms with Crippen molar-refractivity contribution in [3.8, 4) is 5.75 Å². The van der Waals surface area contributed by atoms with Crippen LogP contribution in [0.5, 0.6) is 5.75 Å². The molecule has 0 aliphatic carbocycles. The van der Waals surface area contributed by atoms with Gasteiger partial charge in [-0.05, 0) is 36.8 Å². The molecule has 3 rings (SSSR count). The number of fused-ring (bicyclic) bond motifs is 1. The van der Waals surface area contributed by atoms with Crippen LogP contribution < -0.4 is 10.1 Å². The van der Waals surface area contributed by atoms with E-state index in [-0.39, 0.29) is 11.9 Å². The number of nitrogens with zero attached hydrogens (tertiary/aromatic N) is 2. The number of hydrogen-bond donors (Lipinski definition) is 1. The molecule has 0 aliphatic heterocycles. The van der Waals surface area contributed by atoms with Crippen LogP contribution in [0.1, 0.15) is 37.7 Å². The number of carbonyl (C=O) groups is 1. The molecule has 2 aromatic carbocycles. The van der Waals surface area contributed by atoms with Gasteiger partial charge < -0.3 is 14.6 Å². The van der Waals surface area contributed by atoms with E-state index in [0.717, 1.165) is 28.2 Å². The predicted octanol–water partition coefficient (Wildman–Crippen LogP) is 3.68. The van der Waals surface area contributed by atoms with Crippen LogP contribution in [0.2, 0.25) is 0 Å². The summed E-state index contributed by atoms with van der Waals surface area (Å²) in [6.07, 6.45) is 0.461. The van der Waals surface area contributed by atoms with Crippen LogP contribution >= 0.6 is 0 Å². The van der Waals surface area contributed by atoms with Crippen LogP contribution in [0.15, 0.2) is 48.5 Å². The van der Waals surface area contributed by atoms with Gasteiger partial charge in [-0.3, -0.25) is 4.79 Å². The molecule has 0 bridgehead atoms. The normalized spacial score (nSPS) is 12.1. The fraction of sp³-hybridized carbons (Fsp3) is 0.300. The van der Waals surface area contributed by atoms with E-state index in [9.17, 15) is 4.79 Å². The summed E-state index contributed by atoms with van der Waals surface area (Å²) in [5, 5.41) is 3.01. The summed E-state index contributed by atoms with van der Waals surface area (Å²) in [6, 6.07) is 15.9. The zero-order chi connectivity index (χ0) is 17.8. The zero-order valence-electron chi connectivity index (χ0n) is 14.8. The Labute approximate surface area is 147 Å². The number of amides is 1. The van der Waals surface area contributed by atoms with Crippen molar-refractivity contribution in [2.24, 2.45) is 0 Å². The third-order valence-corrected chi connectivity index (χ3v) is 4.27. The lowest BCUT2D eigenvalue weighted by molar-refractivity contribution is -0.121. The second-order valence-electron chi connectivity index (χ2n) is 6.04. The molecule has 0 saturated heterocycles. The van der Waals surface area contributed by atoms with Crippen molar-refractivity contribution in [1.82, 2.24) is 14.9 Å². The van der Waals surface area contributed by atoms with Gasteiger partial charge in [-0.2, -0.15) is 0 Å². The van der Waals surface area contributed by atoms with Crippen LogP contribution in [-0.2, 0) is 11.3 Å². The maximum absolute atomic E-state index is 11.8. The number of rotatable bonds is 6. The average Bonchev–Trinajstić information content (AvgIpc) is 3.01. The van der Waals surface area contributed by atoms with E-state index >= 15 is 0 Å². The molecule has 0 aliphatic rings. The molecule has 130 valence electrons. The van der Waals surface area contributed by atoms with E-state index in [1.807, 2.05) is 56.3 Å². The third-order valence-electron chi connectivity index (χ3n) is 4.27. The highest BCUT2D eigenvalue weighted by Gasteiger charge is 2.18. The van der Waals surface area contributed by atoms with Crippen molar-refractivity contribution in [3.05, 3.63) is 59.9 Å². The van der Waals surface area contributed by atoms with Gasteiger partial charge in [-0.15, -0.1) is 0 Å². The number of para-hydroxylation sites is 2. The maximum Gasteiger partial charge on any atom is 0.220 e. The van der Waals surface area contributed by atoms with Gasteiger partial charge in [0, 0.05) is 13.0 Å². The molecule has 0 radical (unpaired) electrons. The molecule has 25 heavy (non-hydrogen) atoms. The maximum atomic E-state index is 11.8. The van der Waals surface area contributed by atoms with Crippen LogP contribution in [0.4, 0.5) is 0 Å². The summed E-state index contributed by atoms with van der Waals surface area (Å²) in [6.45, 7) is 4.51. The molecule has 0 fully saturated rings. The van der Waals surface area contributed by atoms with E-state index in [0.29, 0.717) is 13.0 Å². The van der Waals surface area contributed by atoms with Crippen LogP contribution in [0, 0.1) is 0 Å². The third kappa shape index (κ3) is 3.65. The van der Waals surface area contributed by atoms with Crippen molar-refractivity contribution in [3.63, 3.8) is 0 Å². The molecule has 1 amide bonds. The molecular formula is C20H23N3O2. The first-order valence-corrected chi connectivity index (χ1v) is 8.49. The average molecular weight is 337 g/mol. The first kappa shape index (κ1) is 17.0. The molecule has 1 atom stereocenters. The Morgan fingerprint density at radius 2 is 1.92 bits per heavy atom. The van der Waals surface area contributed by atoms with Gasteiger partial charge in [0.05, 0.1) is 24.2 Å². The minimum absolute atomic E-state index is 0.0237. The van der Waals surface area contributed by atoms with Gasteiger partial charge >= 0.3 is 0 Å². The van der Waals surface area contributed by atoms with E-state index in [1.165, 1.54) is 0 Å². The molecule has 5 heteroatoms. The number of imidazole rings is 1. The highest BCUT2D eigenvalue weighted by Crippen LogP contribution is 2.23. The number of benzene rings is 2. The fourth-order valence-electron chi connectivity index (χ4n) is 2.91. The molecule has 1 heterocycles. The van der Waals surface area contributed by atoms with Crippen LogP contribution in [0.25, 0.3) is 11.0 Å². The first-order valence-electron chi connectivity index (χ1n) is 8.49. The number of aromatic nitrogens is 2. The van der Waals surface area contributed by atoms with Crippen LogP contribution in [0.3, 0.4) is 0 Å². The highest BCUT2D eigenvalue weighted by molar-refractivity contribution is 5.78. The first-order chi connectivity index (χ1) is 12.1. The van der Waals surface area contributed by atoms with Crippen molar-refractivity contribution in [2.75, 3.05) is 7.11 Å². The second-order valence-corrected chi connectivity index (χ2v) is 6.04. The number of carbonyl (C=O) groups excluding carboxylic acids is 1. The fourth-order valence-corrected chi connectivity index (χ4v) is 2.91. The second kappa shape index (κ2) is 7.38. The van der Waals surface area contributed by atoms with Crippen molar-refractivity contribution >= 4 is 16.9 Å². The van der Waals surface area contributed by atoms with Gasteiger partial charge in [0.25, 0.3) is 0 Å². The number of hydrogen-bond acceptors (Lipinski definition) is 3. The summed E-state index contributed by atoms with van der Waals surface area (Å²) in [7, 11) is 1.66. The van der Waals surface area contributed by atoms with Crippen molar-refractivity contribution < 1.29 is 9.53 Å². The molecule has 1 N–H and O–H groups in total. The minimum Gasteiger partial charge on any atom is -0.497 e. The van der Waals surface area contributed by atoms with Crippen molar-refractivity contribution in [1.29, 1.82) is 0 Å². The Morgan fingerprint density at radius 1 is 1.20 bits per heavy atom. The SMILES string of the molecule is CCC(=O)NC(C)c1nc2ccccc2n1Cc1ccc(OC)cc1. The molecule has 5 nitrogen and oxygen atoms in total. The Bertz CT molecular complexity index is 868. The Hall–Kier alpha value is -2.82. The van der Waals surface area contributed by atoms with E-state index < -0.39 is 0 Å². The molecule has 0 saturated carbocycles. The number of nitrogens with one attached hydrogen (secondary N) is 1. The van der Waals surface area contributed by atoms with E-state index in [4.69, 9.17) is 9.72 Å². The smallest absolute Gasteiger partial charge is 0.220 e. The van der Waals surface area contributed by atoms with Gasteiger partial charge in [-0.1, -0.05) is 31.2 Å². The Kier molecular flexibility index (Phi) is 5.03. The lowest BCUT2D eigenvalue weighted by atomic mass is 10.2. The summed E-state index contributed by atoms with van der Waals surface area (Å²) >= 11 is 0. The largest absolute Gasteiger partial charge is 0.497 e. The topological polar surface area (TPSA) is 56.2 Å². The van der Waals surface area contributed by atoms with Gasteiger partial charge in [0.15, 0.2) is 0 Å². The van der Waals surface area contributed by atoms with Gasteiger partial charge in [0.2, 0.25) is 5.91 Å². The number of methoxy groups -OCH3 is 1. The van der Waals surface area contributed by atoms with Gasteiger partial charge in [0.1, 0.15) is 11.6 Å². The van der Waals surface area contributed by atoms with E-state index in [2.05, 4.69) is 16.0 Å². The lowest BCUT2D eigenvalue weighted by Crippen LogP contribution is -2.28. The van der Waals surface area contributed by atoms with Crippen LogP contribution in [-0.4, -0.2) is 22.6 Å². The minimum atomic E-state index is -0.155. The van der Waals surface area contributed by atoms with E-state index in [1.54, 1.807) is 7.11 Å². The zero-order valence-corrected chi connectivity index (χ0v) is 14.8. The molecule has 1 aromatic heterocycles. The molecule has 0 spiro atoms. The summed E-state index contributed by atoms with van der Waals surface area (Å²) in [5.41, 5.74) is 3.15. The Morgan fingerprint density at radius 3 is 2.60 bits per heavy atom. The quantitative estimate of drug-likeness (QED) is 0.746. The number of ether oxygens (including phenoxy) is 1. The summed E-state index contributed by atoms with van der Waals surface area (Å²) < 4.78 is 7.39.